The predicted molar refractivity (Wildman–Crippen MR) is 127 cm³/mol. The zero-order valence-corrected chi connectivity index (χ0v) is 18.6. The number of amides is 1. The van der Waals surface area contributed by atoms with Gasteiger partial charge in [0.2, 0.25) is 0 Å². The number of para-hydroxylation sites is 1. The van der Waals surface area contributed by atoms with Crippen LogP contribution in [0.3, 0.4) is 0 Å². The molecule has 3 aliphatic heterocycles. The minimum atomic E-state index is -0.231. The van der Waals surface area contributed by atoms with Gasteiger partial charge in [-0.25, -0.2) is 0 Å². The van der Waals surface area contributed by atoms with Gasteiger partial charge in [-0.15, -0.1) is 0 Å². The summed E-state index contributed by atoms with van der Waals surface area (Å²) in [4.78, 5) is 30.6. The van der Waals surface area contributed by atoms with Crippen molar-refractivity contribution in [2.45, 2.75) is 0 Å². The number of piperazine rings is 1. The van der Waals surface area contributed by atoms with E-state index in [4.69, 9.17) is 4.74 Å². The molecular weight excluding hydrogens is 418 g/mol. The van der Waals surface area contributed by atoms with Crippen molar-refractivity contribution >= 4 is 11.6 Å². The first-order chi connectivity index (χ1) is 16.0. The van der Waals surface area contributed by atoms with Crippen LogP contribution in [-0.4, -0.2) is 58.4 Å². The highest BCUT2D eigenvalue weighted by atomic mass is 16.5. The largest absolute Gasteiger partial charge is 0.497 e. The second kappa shape index (κ2) is 8.46. The van der Waals surface area contributed by atoms with Crippen LogP contribution in [-0.2, 0) is 7.05 Å². The number of nitrogens with zero attached hydrogens (tertiary/aromatic N) is 5. The van der Waals surface area contributed by atoms with Gasteiger partial charge < -0.3 is 19.1 Å². The molecule has 1 fully saturated rings. The lowest BCUT2D eigenvalue weighted by Gasteiger charge is -2.36. The lowest BCUT2D eigenvalue weighted by molar-refractivity contribution is 0.0746. The van der Waals surface area contributed by atoms with Gasteiger partial charge in [-0.2, -0.15) is 9.78 Å². The van der Waals surface area contributed by atoms with Crippen LogP contribution >= 0.6 is 0 Å². The summed E-state index contributed by atoms with van der Waals surface area (Å²) in [5.41, 5.74) is 2.86. The van der Waals surface area contributed by atoms with E-state index in [9.17, 15) is 9.59 Å². The first-order valence-corrected chi connectivity index (χ1v) is 10.9. The van der Waals surface area contributed by atoms with E-state index >= 15 is 0 Å². The minimum absolute atomic E-state index is 0.108. The molecule has 3 aliphatic rings. The molecule has 2 aromatic carbocycles. The minimum Gasteiger partial charge on any atom is -0.497 e. The molecule has 0 aromatic heterocycles. The number of benzene rings is 2. The van der Waals surface area contributed by atoms with Crippen molar-refractivity contribution in [3.8, 4) is 22.7 Å². The highest BCUT2D eigenvalue weighted by molar-refractivity contribution is 6.00. The highest BCUT2D eigenvalue weighted by Gasteiger charge is 2.29. The maximum Gasteiger partial charge on any atom is 0.282 e. The van der Waals surface area contributed by atoms with Gasteiger partial charge in [0, 0.05) is 51.3 Å². The van der Waals surface area contributed by atoms with E-state index in [1.165, 1.54) is 4.68 Å². The van der Waals surface area contributed by atoms with Crippen molar-refractivity contribution in [1.82, 2.24) is 19.2 Å². The first-order valence-electron chi connectivity index (χ1n) is 10.9. The topological polar surface area (TPSA) is 72.6 Å². The molecule has 0 atom stereocenters. The Kier molecular flexibility index (Phi) is 5.34. The van der Waals surface area contributed by atoms with Crippen molar-refractivity contribution in [2.24, 2.45) is 7.05 Å². The second-order valence-electron chi connectivity index (χ2n) is 8.13. The maximum absolute atomic E-state index is 13.5. The van der Waals surface area contributed by atoms with Crippen LogP contribution in [0.1, 0.15) is 10.4 Å². The molecule has 2 aromatic rings. The van der Waals surface area contributed by atoms with E-state index in [0.29, 0.717) is 35.6 Å². The summed E-state index contributed by atoms with van der Waals surface area (Å²) < 4.78 is 8.35. The highest BCUT2D eigenvalue weighted by Crippen LogP contribution is 2.25. The van der Waals surface area contributed by atoms with E-state index in [0.717, 1.165) is 24.5 Å². The number of pyridine rings is 1. The average molecular weight is 444 g/mol. The summed E-state index contributed by atoms with van der Waals surface area (Å²) in [6.45, 7) is 2.64. The summed E-state index contributed by atoms with van der Waals surface area (Å²) in [5, 5.41) is 4.54. The van der Waals surface area contributed by atoms with Crippen LogP contribution in [0.15, 0.2) is 71.8 Å². The van der Waals surface area contributed by atoms with Crippen molar-refractivity contribution in [1.29, 1.82) is 0 Å². The van der Waals surface area contributed by atoms with Gasteiger partial charge in [0.15, 0.2) is 0 Å². The van der Waals surface area contributed by atoms with E-state index in [-0.39, 0.29) is 11.5 Å². The van der Waals surface area contributed by atoms with Crippen LogP contribution in [0.5, 0.6) is 5.75 Å². The third-order valence-electron chi connectivity index (χ3n) is 6.03. The Bertz CT molecular complexity index is 1300. The quantitative estimate of drug-likeness (QED) is 0.485. The second-order valence-corrected chi connectivity index (χ2v) is 8.13. The Balaban J connectivity index is 1.40. The number of aryl methyl sites for hydroxylation is 1. The Labute approximate surface area is 191 Å². The van der Waals surface area contributed by atoms with Crippen molar-refractivity contribution < 1.29 is 9.53 Å². The summed E-state index contributed by atoms with van der Waals surface area (Å²) in [6, 6.07) is 17.2. The zero-order valence-electron chi connectivity index (χ0n) is 18.6. The number of ether oxygens (including phenoxy) is 1. The number of hydrogen-bond acceptors (Lipinski definition) is 5. The van der Waals surface area contributed by atoms with Crippen LogP contribution in [0.2, 0.25) is 0 Å². The van der Waals surface area contributed by atoms with E-state index < -0.39 is 0 Å². The molecule has 33 heavy (non-hydrogen) atoms. The van der Waals surface area contributed by atoms with Gasteiger partial charge in [0.25, 0.3) is 11.5 Å². The summed E-state index contributed by atoms with van der Waals surface area (Å²) in [7, 11) is 3.47. The number of rotatable bonds is 4. The van der Waals surface area contributed by atoms with Gasteiger partial charge in [0.1, 0.15) is 11.4 Å². The normalized spacial score (nSPS) is 14.0. The van der Waals surface area contributed by atoms with Crippen LogP contribution in [0, 0.1) is 0 Å². The number of carbonyl (C=O) groups excluding carboxylic acids is 1. The fourth-order valence-electron chi connectivity index (χ4n) is 4.27. The molecule has 0 N–H and O–H groups in total. The van der Waals surface area contributed by atoms with Crippen LogP contribution < -0.4 is 15.2 Å². The number of aromatic nitrogens is 3. The standard InChI is InChI=1S/C25H25N5O3/c1-27-16-21(23-22(17-27)25(32)30(26-23)19-6-4-3-5-7-19)24(31)29-14-12-28(13-15-29)18-8-10-20(33-2)11-9-18/h3-11,16-17H,12-15H2,1-2H3. The molecule has 1 amide bonds. The van der Waals surface area contributed by atoms with Crippen LogP contribution in [0.4, 0.5) is 5.69 Å². The molecule has 0 radical (unpaired) electrons. The molecule has 0 aliphatic carbocycles. The average Bonchev–Trinajstić information content (AvgIpc) is 3.20. The summed E-state index contributed by atoms with van der Waals surface area (Å²) >= 11 is 0. The molecule has 0 spiro atoms. The third-order valence-corrected chi connectivity index (χ3v) is 6.03. The molecule has 5 rings (SSSR count). The zero-order chi connectivity index (χ0) is 22.9. The van der Waals surface area contributed by atoms with Gasteiger partial charge in [-0.1, -0.05) is 18.2 Å². The molecule has 0 saturated carbocycles. The van der Waals surface area contributed by atoms with Crippen molar-refractivity contribution in [3.05, 3.63) is 82.9 Å². The van der Waals surface area contributed by atoms with Gasteiger partial charge >= 0.3 is 0 Å². The summed E-state index contributed by atoms with van der Waals surface area (Å²) in [6.07, 6.45) is 3.48. The molecule has 168 valence electrons. The molecule has 0 bridgehead atoms. The molecule has 8 heteroatoms. The predicted octanol–water partition coefficient (Wildman–Crippen LogP) is 2.65. The van der Waals surface area contributed by atoms with Gasteiger partial charge in [-0.3, -0.25) is 9.59 Å². The van der Waals surface area contributed by atoms with Crippen molar-refractivity contribution in [3.63, 3.8) is 0 Å². The fourth-order valence-corrected chi connectivity index (χ4v) is 4.27. The Morgan fingerprint density at radius 1 is 0.909 bits per heavy atom. The van der Waals surface area contributed by atoms with Crippen LogP contribution in [0.25, 0.3) is 16.9 Å². The number of carbonyl (C=O) groups is 1. The van der Waals surface area contributed by atoms with E-state index in [1.54, 1.807) is 24.1 Å². The fraction of sp³-hybridized carbons (Fsp3) is 0.240. The lowest BCUT2D eigenvalue weighted by atomic mass is 10.1. The Morgan fingerprint density at radius 3 is 2.27 bits per heavy atom. The molecule has 1 saturated heterocycles. The monoisotopic (exact) mass is 443 g/mol. The first kappa shape index (κ1) is 20.8. The van der Waals surface area contributed by atoms with E-state index in [2.05, 4.69) is 10.00 Å². The Morgan fingerprint density at radius 2 is 1.61 bits per heavy atom. The molecule has 0 unspecified atom stereocenters. The maximum atomic E-state index is 13.5. The number of fused-ring (bicyclic) bond motifs is 1. The van der Waals surface area contributed by atoms with Gasteiger partial charge in [0.05, 0.1) is 23.9 Å². The van der Waals surface area contributed by atoms with E-state index in [1.807, 2.05) is 66.5 Å². The molecular formula is C25H25N5O3. The lowest BCUT2D eigenvalue weighted by Crippen LogP contribution is -2.49. The SMILES string of the molecule is COc1ccc(N2CCN(C(=O)c3cn(C)cc4c(=O)n(-c5ccccc5)nc3-4)CC2)cc1. The van der Waals surface area contributed by atoms with Crippen molar-refractivity contribution in [2.75, 3.05) is 38.2 Å². The number of methoxy groups -OCH3 is 1. The van der Waals surface area contributed by atoms with Gasteiger partial charge in [-0.05, 0) is 36.4 Å². The summed E-state index contributed by atoms with van der Waals surface area (Å²) in [5.74, 6) is 0.713. The number of hydrogen-bond donors (Lipinski definition) is 0. The Hall–Kier alpha value is -4.07. The number of anilines is 1. The molecule has 3 heterocycles. The smallest absolute Gasteiger partial charge is 0.282 e. The third kappa shape index (κ3) is 3.84. The molecule has 8 nitrogen and oxygen atoms in total.